The van der Waals surface area contributed by atoms with Crippen LogP contribution in [0.4, 0.5) is 29.1 Å². The first-order valence-electron chi connectivity index (χ1n) is 23.6. The number of piperazine rings is 1. The molecule has 5 rings (SSSR count). The first-order chi connectivity index (χ1) is 33.7. The molecular weight excluding hydrogens is 917 g/mol. The number of nitrogens with two attached hydrogens (primary N) is 1. The van der Waals surface area contributed by atoms with E-state index in [0.717, 1.165) is 85.4 Å². The minimum Gasteiger partial charge on any atom is -0.423 e. The van der Waals surface area contributed by atoms with Crippen molar-refractivity contribution in [3.8, 4) is 5.75 Å². The van der Waals surface area contributed by atoms with Gasteiger partial charge < -0.3 is 67.7 Å². The quantitative estimate of drug-likeness (QED) is 0.0154. The molecule has 0 radical (unpaired) electrons. The zero-order valence-electron chi connectivity index (χ0n) is 39.6. The number of imidazole rings is 1. The lowest BCUT2D eigenvalue weighted by Gasteiger charge is -2.36. The summed E-state index contributed by atoms with van der Waals surface area (Å²) in [4.78, 5) is 29.4. The zero-order valence-corrected chi connectivity index (χ0v) is 39.6. The molecule has 69 heavy (non-hydrogen) atoms. The molecule has 22 heteroatoms. The average molecular weight is 985 g/mol. The Morgan fingerprint density at radius 1 is 0.623 bits per heavy atom. The highest BCUT2D eigenvalue weighted by atomic mass is 19.2. The monoisotopic (exact) mass is 984 g/mol. The van der Waals surface area contributed by atoms with Gasteiger partial charge in [0.05, 0.1) is 150 Å². The van der Waals surface area contributed by atoms with Gasteiger partial charge in [-0.25, -0.2) is 23.1 Å². The highest BCUT2D eigenvalue weighted by Crippen LogP contribution is 2.30. The van der Waals surface area contributed by atoms with Crippen molar-refractivity contribution in [1.29, 1.82) is 0 Å². The number of halogens is 4. The molecule has 0 bridgehead atoms. The lowest BCUT2D eigenvalue weighted by molar-refractivity contribution is -0.136. The molecule has 0 amide bonds. The van der Waals surface area contributed by atoms with E-state index in [1.165, 1.54) is 0 Å². The number of carbonyl (C=O) groups is 1. The molecule has 18 nitrogen and oxygen atoms in total. The largest absolute Gasteiger partial charge is 0.423 e. The van der Waals surface area contributed by atoms with Gasteiger partial charge in [-0.05, 0) is 24.6 Å². The number of aromatic amines is 1. The van der Waals surface area contributed by atoms with E-state index in [0.29, 0.717) is 118 Å². The van der Waals surface area contributed by atoms with E-state index in [2.05, 4.69) is 44.6 Å². The van der Waals surface area contributed by atoms with Gasteiger partial charge >= 0.3 is 5.97 Å². The Morgan fingerprint density at radius 3 is 1.62 bits per heavy atom. The van der Waals surface area contributed by atoms with Crippen LogP contribution in [0.3, 0.4) is 0 Å². The van der Waals surface area contributed by atoms with Crippen molar-refractivity contribution in [1.82, 2.24) is 19.9 Å². The van der Waals surface area contributed by atoms with Crippen LogP contribution in [0.15, 0.2) is 24.3 Å². The normalized spacial score (nSPS) is 13.4. The summed E-state index contributed by atoms with van der Waals surface area (Å²) in [5.41, 5.74) is 10.1. The molecule has 0 unspecified atom stereocenters. The number of pyridine rings is 1. The second kappa shape index (κ2) is 32.5. The van der Waals surface area contributed by atoms with Gasteiger partial charge in [-0.2, -0.15) is 4.39 Å². The molecule has 4 aromatic rings. The molecule has 3 heterocycles. The Kier molecular flexibility index (Phi) is 26.2. The van der Waals surface area contributed by atoms with Crippen LogP contribution in [0, 0.1) is 23.3 Å². The third kappa shape index (κ3) is 20.1. The Hall–Kier alpha value is -4.33. The highest BCUT2D eigenvalue weighted by molar-refractivity contribution is 6.06. The lowest BCUT2D eigenvalue weighted by Crippen LogP contribution is -2.47. The number of anilines is 2. The van der Waals surface area contributed by atoms with Gasteiger partial charge in [0.1, 0.15) is 11.3 Å². The topological polar surface area (TPSA) is 193 Å². The van der Waals surface area contributed by atoms with E-state index < -0.39 is 35.0 Å². The number of nitrogens with zero attached hydrogens (tertiary/aromatic N) is 4. The van der Waals surface area contributed by atoms with Crippen LogP contribution < -0.4 is 15.4 Å². The molecular formula is C47H68F4N6O12. The molecule has 2 aromatic carbocycles. The van der Waals surface area contributed by atoms with Gasteiger partial charge in [0.25, 0.3) is 0 Å². The van der Waals surface area contributed by atoms with Gasteiger partial charge in [-0.3, -0.25) is 9.69 Å². The zero-order chi connectivity index (χ0) is 48.9. The van der Waals surface area contributed by atoms with E-state index in [-0.39, 0.29) is 32.3 Å². The van der Waals surface area contributed by atoms with Crippen molar-refractivity contribution in [3.63, 3.8) is 0 Å². The first-order valence-corrected chi connectivity index (χ1v) is 23.6. The van der Waals surface area contributed by atoms with Crippen molar-refractivity contribution < 1.29 is 74.5 Å². The molecule has 1 aliphatic heterocycles. The number of aryl methyl sites for hydroxylation is 1. The fourth-order valence-electron chi connectivity index (χ4n) is 6.93. The van der Waals surface area contributed by atoms with E-state index in [9.17, 15) is 22.4 Å². The lowest BCUT2D eigenvalue weighted by atomic mass is 10.1. The van der Waals surface area contributed by atoms with Gasteiger partial charge in [0.2, 0.25) is 11.6 Å². The Bertz CT molecular complexity index is 2080. The van der Waals surface area contributed by atoms with Crippen LogP contribution in [-0.2, 0) is 58.6 Å². The number of hydrogen-bond acceptors (Lipinski definition) is 17. The summed E-state index contributed by atoms with van der Waals surface area (Å²) in [5, 5.41) is 1.05. The number of nitrogens with one attached hydrogen (secondary N) is 1. The van der Waals surface area contributed by atoms with Crippen LogP contribution in [0.25, 0.3) is 21.9 Å². The van der Waals surface area contributed by atoms with E-state index in [4.69, 9.17) is 63.1 Å². The second-order valence-electron chi connectivity index (χ2n) is 15.7. The van der Waals surface area contributed by atoms with Crippen molar-refractivity contribution >= 4 is 39.4 Å². The molecule has 3 N–H and O–H groups in total. The van der Waals surface area contributed by atoms with Crippen molar-refractivity contribution in [3.05, 3.63) is 53.4 Å². The predicted octanol–water partition coefficient (Wildman–Crippen LogP) is 4.88. The summed E-state index contributed by atoms with van der Waals surface area (Å²) in [6.45, 7) is 14.8. The first kappa shape index (κ1) is 55.6. The number of carbonyl (C=O) groups excluding carboxylic acids is 1. The number of unbranched alkanes of at least 4 members (excludes halogenated alkanes) is 1. The molecule has 2 aromatic heterocycles. The highest BCUT2D eigenvalue weighted by Gasteiger charge is 2.22. The number of esters is 1. The fourth-order valence-corrected chi connectivity index (χ4v) is 6.93. The Morgan fingerprint density at radius 2 is 1.12 bits per heavy atom. The third-order valence-electron chi connectivity index (χ3n) is 10.6. The number of nitrogen functional groups attached to an aromatic ring is 1. The van der Waals surface area contributed by atoms with Gasteiger partial charge in [0.15, 0.2) is 23.2 Å². The molecule has 386 valence electrons. The van der Waals surface area contributed by atoms with Crippen molar-refractivity contribution in [2.75, 3.05) is 175 Å². The standard InChI is InChI=1S/C47H68F4N6O12/c1-2-3-4-40-54-45-36-6-5-35(33-38(36)53-47(52)46(45)55-40)57-10-8-56(9-11-57)12-14-60-16-18-62-20-22-64-24-26-66-28-30-68-32-31-67-29-27-65-25-23-63-21-19-61-17-15-59-13-7-41(58)69-39-34-37(48)42(49)44(51)43(39)50/h5-6,33-34H,2-4,7-32H2,1H3,(H2,52,53)(H,54,55). The van der Waals surface area contributed by atoms with Gasteiger partial charge in [-0.15, -0.1) is 0 Å². The number of hydrogen-bond donors (Lipinski definition) is 2. The summed E-state index contributed by atoms with van der Waals surface area (Å²) in [7, 11) is 0. The molecule has 1 saturated heterocycles. The van der Waals surface area contributed by atoms with Crippen LogP contribution in [0.2, 0.25) is 0 Å². The molecule has 1 aliphatic rings. The maximum Gasteiger partial charge on any atom is 0.313 e. The van der Waals surface area contributed by atoms with E-state index >= 15 is 0 Å². The van der Waals surface area contributed by atoms with E-state index in [1.807, 2.05) is 0 Å². The number of ether oxygens (including phenoxy) is 11. The fraction of sp³-hybridized carbons (Fsp3) is 0.638. The summed E-state index contributed by atoms with van der Waals surface area (Å²) < 4.78 is 112. The van der Waals surface area contributed by atoms with Gasteiger partial charge in [0, 0.05) is 56.3 Å². The van der Waals surface area contributed by atoms with Crippen LogP contribution in [-0.4, -0.2) is 191 Å². The predicted molar refractivity (Wildman–Crippen MR) is 248 cm³/mol. The smallest absolute Gasteiger partial charge is 0.313 e. The third-order valence-corrected chi connectivity index (χ3v) is 10.6. The number of fused-ring (bicyclic) bond motifs is 3. The number of H-pyrrole nitrogens is 1. The molecule has 0 saturated carbocycles. The number of aromatic nitrogens is 3. The summed E-state index contributed by atoms with van der Waals surface area (Å²) in [5.74, 6) is -8.14. The summed E-state index contributed by atoms with van der Waals surface area (Å²) in [6.07, 6.45) is 2.78. The average Bonchev–Trinajstić information content (AvgIpc) is 3.80. The van der Waals surface area contributed by atoms with Crippen molar-refractivity contribution in [2.45, 2.75) is 32.6 Å². The molecule has 0 atom stereocenters. The Balaban J connectivity index is 0.704. The number of benzene rings is 2. The number of rotatable bonds is 38. The minimum absolute atomic E-state index is 0.104. The minimum atomic E-state index is -2.06. The molecule has 0 spiro atoms. The SMILES string of the molecule is CCCCc1nc2c(N)nc3cc(N4CCN(CCOCCOCCOCCOCCOCCOCCOCCOCCOCCOCCC(=O)Oc5cc(F)c(F)c(F)c5F)CC4)ccc3c2[nH]1. The van der Waals surface area contributed by atoms with Crippen LogP contribution >= 0.6 is 0 Å². The Labute approximate surface area is 400 Å². The molecule has 0 aliphatic carbocycles. The maximum atomic E-state index is 13.6. The summed E-state index contributed by atoms with van der Waals surface area (Å²) >= 11 is 0. The molecule has 1 fully saturated rings. The van der Waals surface area contributed by atoms with Crippen LogP contribution in [0.1, 0.15) is 32.0 Å². The van der Waals surface area contributed by atoms with Gasteiger partial charge in [-0.1, -0.05) is 13.3 Å². The second-order valence-corrected chi connectivity index (χ2v) is 15.7. The van der Waals surface area contributed by atoms with E-state index in [1.54, 1.807) is 0 Å². The summed E-state index contributed by atoms with van der Waals surface area (Å²) in [6, 6.07) is 6.69. The maximum absolute atomic E-state index is 13.6. The van der Waals surface area contributed by atoms with Crippen molar-refractivity contribution in [2.24, 2.45) is 0 Å². The van der Waals surface area contributed by atoms with Crippen LogP contribution in [0.5, 0.6) is 5.75 Å².